The molecule has 2 fully saturated rings. The number of nitrogens with zero attached hydrogens (tertiary/aromatic N) is 2. The second-order valence-electron chi connectivity index (χ2n) is 7.21. The van der Waals surface area contributed by atoms with E-state index in [-0.39, 0.29) is 0 Å². The second kappa shape index (κ2) is 9.46. The Morgan fingerprint density at radius 2 is 1.88 bits per heavy atom. The van der Waals surface area contributed by atoms with Gasteiger partial charge in [0, 0.05) is 38.3 Å². The Morgan fingerprint density at radius 3 is 2.62 bits per heavy atom. The topological polar surface area (TPSA) is 42.4 Å². The first-order chi connectivity index (χ1) is 12.8. The minimum atomic E-state index is 0.681. The van der Waals surface area contributed by atoms with Gasteiger partial charge in [-0.15, -0.1) is 0 Å². The van der Waals surface area contributed by atoms with Crippen LogP contribution in [-0.2, 0) is 6.54 Å². The van der Waals surface area contributed by atoms with Crippen LogP contribution in [0.3, 0.4) is 0 Å². The number of hydrogen-bond acceptors (Lipinski definition) is 3. The number of likely N-dealkylation sites (tertiary alicyclic amines) is 1. The largest absolute Gasteiger partial charge is 0.370 e. The Morgan fingerprint density at radius 1 is 1.12 bits per heavy atom. The quantitative estimate of drug-likeness (QED) is 0.598. The van der Waals surface area contributed by atoms with Gasteiger partial charge in [0.25, 0.3) is 0 Å². The summed E-state index contributed by atoms with van der Waals surface area (Å²) in [6.07, 6.45) is 12.6. The first kappa shape index (κ1) is 18.6. The van der Waals surface area contributed by atoms with Crippen molar-refractivity contribution in [2.75, 3.05) is 26.2 Å². The van der Waals surface area contributed by atoms with Crippen molar-refractivity contribution in [1.29, 1.82) is 5.41 Å². The molecule has 0 aromatic heterocycles. The molecule has 0 spiro atoms. The molecule has 0 saturated carbocycles. The summed E-state index contributed by atoms with van der Waals surface area (Å²) in [5.74, 6) is 1.89. The molecule has 2 aliphatic heterocycles. The maximum Gasteiger partial charge on any atom is 0.128 e. The van der Waals surface area contributed by atoms with Crippen LogP contribution in [0.25, 0.3) is 0 Å². The summed E-state index contributed by atoms with van der Waals surface area (Å²) in [5, 5.41) is 11.9. The van der Waals surface area contributed by atoms with Gasteiger partial charge in [0.2, 0.25) is 0 Å². The van der Waals surface area contributed by atoms with Gasteiger partial charge in [-0.25, -0.2) is 0 Å². The van der Waals surface area contributed by atoms with Gasteiger partial charge in [0.1, 0.15) is 11.7 Å². The number of benzene rings is 1. The van der Waals surface area contributed by atoms with E-state index >= 15 is 0 Å². The highest BCUT2D eigenvalue weighted by molar-refractivity contribution is 5.96. The highest BCUT2D eigenvalue weighted by atomic mass is 15.3. The third kappa shape index (κ3) is 4.90. The molecule has 0 bridgehead atoms. The summed E-state index contributed by atoms with van der Waals surface area (Å²) in [6, 6.07) is 8.58. The average Bonchev–Trinajstić information content (AvgIpc) is 3.13. The van der Waals surface area contributed by atoms with Crippen LogP contribution in [0, 0.1) is 5.41 Å². The highest BCUT2D eigenvalue weighted by Crippen LogP contribution is 2.17. The Labute approximate surface area is 158 Å². The third-order valence-corrected chi connectivity index (χ3v) is 5.15. The first-order valence-electron chi connectivity index (χ1n) is 10.1. The highest BCUT2D eigenvalue weighted by Gasteiger charge is 2.17. The molecule has 3 rings (SSSR count). The smallest absolute Gasteiger partial charge is 0.128 e. The van der Waals surface area contributed by atoms with E-state index in [9.17, 15) is 0 Å². The number of amidine groups is 1. The van der Waals surface area contributed by atoms with Crippen molar-refractivity contribution >= 4 is 5.84 Å². The van der Waals surface area contributed by atoms with Gasteiger partial charge in [-0.3, -0.25) is 5.41 Å². The average molecular weight is 353 g/mol. The van der Waals surface area contributed by atoms with Gasteiger partial charge in [-0.1, -0.05) is 49.8 Å². The van der Waals surface area contributed by atoms with Gasteiger partial charge in [0.05, 0.1) is 0 Å². The number of unbranched alkanes of at least 4 members (excludes halogenated alkanes) is 1. The van der Waals surface area contributed by atoms with Crippen molar-refractivity contribution in [1.82, 2.24) is 15.1 Å². The second-order valence-corrected chi connectivity index (χ2v) is 7.21. The summed E-state index contributed by atoms with van der Waals surface area (Å²) >= 11 is 0. The molecule has 0 atom stereocenters. The third-order valence-electron chi connectivity index (χ3n) is 5.15. The number of hydrogen-bond donors (Lipinski definition) is 2. The van der Waals surface area contributed by atoms with Crippen LogP contribution >= 0.6 is 0 Å². The van der Waals surface area contributed by atoms with E-state index < -0.39 is 0 Å². The van der Waals surface area contributed by atoms with Crippen molar-refractivity contribution in [3.8, 4) is 0 Å². The summed E-state index contributed by atoms with van der Waals surface area (Å²) in [6.45, 7) is 7.22. The number of allylic oxidation sites excluding steroid dienone is 3. The van der Waals surface area contributed by atoms with Crippen molar-refractivity contribution in [3.05, 3.63) is 59.4 Å². The summed E-state index contributed by atoms with van der Waals surface area (Å²) in [4.78, 5) is 4.60. The fourth-order valence-electron chi connectivity index (χ4n) is 3.59. The van der Waals surface area contributed by atoms with Gasteiger partial charge < -0.3 is 15.1 Å². The monoisotopic (exact) mass is 352 g/mol. The predicted octanol–water partition coefficient (Wildman–Crippen LogP) is 4.10. The van der Waals surface area contributed by atoms with Crippen molar-refractivity contribution in [2.45, 2.75) is 45.6 Å². The molecule has 26 heavy (non-hydrogen) atoms. The lowest BCUT2D eigenvalue weighted by molar-refractivity contribution is 0.341. The predicted molar refractivity (Wildman–Crippen MR) is 109 cm³/mol. The molecular formula is C22H32N4. The lowest BCUT2D eigenvalue weighted by atomic mass is 10.1. The van der Waals surface area contributed by atoms with E-state index in [1.807, 2.05) is 0 Å². The van der Waals surface area contributed by atoms with E-state index in [1.54, 1.807) is 0 Å². The van der Waals surface area contributed by atoms with E-state index in [2.05, 4.69) is 64.5 Å². The van der Waals surface area contributed by atoms with Gasteiger partial charge in [0.15, 0.2) is 0 Å². The molecule has 4 nitrogen and oxygen atoms in total. The Kier molecular flexibility index (Phi) is 6.75. The fourth-order valence-corrected chi connectivity index (χ4v) is 3.59. The molecule has 0 aliphatic carbocycles. The van der Waals surface area contributed by atoms with Crippen LogP contribution in [0.5, 0.6) is 0 Å². The molecule has 2 saturated heterocycles. The van der Waals surface area contributed by atoms with E-state index in [4.69, 9.17) is 5.41 Å². The Balaban J connectivity index is 1.59. The zero-order valence-electron chi connectivity index (χ0n) is 16.0. The molecular weight excluding hydrogens is 320 g/mol. The molecule has 0 radical (unpaired) electrons. The molecule has 0 amide bonds. The number of piperidine rings is 1. The first-order valence-corrected chi connectivity index (χ1v) is 10.1. The van der Waals surface area contributed by atoms with E-state index in [0.717, 1.165) is 44.7 Å². The van der Waals surface area contributed by atoms with Gasteiger partial charge >= 0.3 is 0 Å². The van der Waals surface area contributed by atoms with Crippen LogP contribution < -0.4 is 5.32 Å². The SMILES string of the molecule is CCC/C=C\C=C1/NCCN1Cc1ccc(C(=N)N2CCCCC2)cc1. The van der Waals surface area contributed by atoms with Crippen LogP contribution in [0.1, 0.15) is 50.2 Å². The van der Waals surface area contributed by atoms with Crippen molar-refractivity contribution in [3.63, 3.8) is 0 Å². The van der Waals surface area contributed by atoms with E-state index in [1.165, 1.54) is 37.1 Å². The van der Waals surface area contributed by atoms with E-state index in [0.29, 0.717) is 5.84 Å². The Bertz CT molecular complexity index is 639. The van der Waals surface area contributed by atoms with Crippen LogP contribution in [0.15, 0.2) is 48.3 Å². The van der Waals surface area contributed by atoms with Crippen LogP contribution in [-0.4, -0.2) is 41.8 Å². The lowest BCUT2D eigenvalue weighted by Crippen LogP contribution is -2.35. The summed E-state index contributed by atoms with van der Waals surface area (Å²) < 4.78 is 0. The maximum atomic E-state index is 8.45. The molecule has 4 heteroatoms. The van der Waals surface area contributed by atoms with Crippen molar-refractivity contribution in [2.24, 2.45) is 0 Å². The minimum absolute atomic E-state index is 0.681. The fraction of sp³-hybridized carbons (Fsp3) is 0.500. The number of rotatable bonds is 6. The summed E-state index contributed by atoms with van der Waals surface area (Å²) in [7, 11) is 0. The molecule has 2 N–H and O–H groups in total. The molecule has 2 aliphatic rings. The van der Waals surface area contributed by atoms with Gasteiger partial charge in [-0.2, -0.15) is 0 Å². The molecule has 1 aromatic rings. The van der Waals surface area contributed by atoms with Crippen molar-refractivity contribution < 1.29 is 0 Å². The lowest BCUT2D eigenvalue weighted by Gasteiger charge is -2.29. The zero-order chi connectivity index (χ0) is 18.2. The molecule has 1 aromatic carbocycles. The van der Waals surface area contributed by atoms with Crippen LogP contribution in [0.4, 0.5) is 0 Å². The minimum Gasteiger partial charge on any atom is -0.370 e. The normalized spacial score (nSPS) is 19.3. The molecule has 2 heterocycles. The Hall–Kier alpha value is -2.23. The summed E-state index contributed by atoms with van der Waals surface area (Å²) in [5.41, 5.74) is 2.33. The zero-order valence-corrected chi connectivity index (χ0v) is 16.0. The van der Waals surface area contributed by atoms with Gasteiger partial charge in [-0.05, 0) is 37.3 Å². The maximum absolute atomic E-state index is 8.45. The molecule has 0 unspecified atom stereocenters. The molecule has 140 valence electrons. The standard InChI is InChI=1S/C22H32N4/c1-2-3-4-6-9-21-24-14-17-26(21)18-19-10-12-20(13-11-19)22(23)25-15-7-5-8-16-25/h4,6,9-13,23-24H,2-3,5,7-8,14-18H2,1H3/b6-4-,21-9+,23-22?. The number of nitrogens with one attached hydrogen (secondary N) is 2. The van der Waals surface area contributed by atoms with Crippen LogP contribution in [0.2, 0.25) is 0 Å².